The Balaban J connectivity index is 2.62. The number of benzene rings is 1. The number of rotatable bonds is 4. The third-order valence-corrected chi connectivity index (χ3v) is 2.63. The second-order valence-electron chi connectivity index (χ2n) is 3.28. The molecule has 1 N–H and O–H groups in total. The van der Waals surface area contributed by atoms with Crippen LogP contribution in [0, 0.1) is 0 Å². The summed E-state index contributed by atoms with van der Waals surface area (Å²) in [6, 6.07) is 5.09. The third-order valence-electron chi connectivity index (χ3n) is 2.03. The summed E-state index contributed by atoms with van der Waals surface area (Å²) in [4.78, 5) is 12.5. The molecule has 0 saturated heterocycles. The fraction of sp³-hybridized carbons (Fsp3) is 0.250. The molecular weight excluding hydrogens is 242 g/mol. The SMILES string of the molecule is C/C=C/CCNC(=O)c1cc(S)ccc1Cl. The highest BCUT2D eigenvalue weighted by atomic mass is 35.5. The largest absolute Gasteiger partial charge is 0.352 e. The predicted molar refractivity (Wildman–Crippen MR) is 70.5 cm³/mol. The smallest absolute Gasteiger partial charge is 0.252 e. The van der Waals surface area contributed by atoms with Crippen LogP contribution in [0.2, 0.25) is 5.02 Å². The van der Waals surface area contributed by atoms with E-state index in [1.807, 2.05) is 19.1 Å². The molecule has 4 heteroatoms. The quantitative estimate of drug-likeness (QED) is 0.482. The first-order valence-electron chi connectivity index (χ1n) is 5.03. The zero-order chi connectivity index (χ0) is 12.0. The van der Waals surface area contributed by atoms with E-state index in [2.05, 4.69) is 17.9 Å². The van der Waals surface area contributed by atoms with Crippen LogP contribution in [-0.4, -0.2) is 12.5 Å². The monoisotopic (exact) mass is 255 g/mol. The summed E-state index contributed by atoms with van der Waals surface area (Å²) in [6.45, 7) is 2.55. The topological polar surface area (TPSA) is 29.1 Å². The standard InChI is InChI=1S/C12H14ClNOS/c1-2-3-4-7-14-12(15)10-8-9(16)5-6-11(10)13/h2-3,5-6,8,16H,4,7H2,1H3,(H,14,15)/b3-2+. The van der Waals surface area contributed by atoms with E-state index in [1.165, 1.54) is 0 Å². The molecule has 0 saturated carbocycles. The molecule has 1 rings (SSSR count). The van der Waals surface area contributed by atoms with Crippen molar-refractivity contribution in [3.8, 4) is 0 Å². The fourth-order valence-electron chi connectivity index (χ4n) is 1.22. The highest BCUT2D eigenvalue weighted by Gasteiger charge is 2.09. The van der Waals surface area contributed by atoms with E-state index in [9.17, 15) is 4.79 Å². The molecule has 16 heavy (non-hydrogen) atoms. The maximum Gasteiger partial charge on any atom is 0.252 e. The zero-order valence-corrected chi connectivity index (χ0v) is 10.7. The zero-order valence-electron chi connectivity index (χ0n) is 9.03. The Kier molecular flexibility index (Phi) is 5.43. The first kappa shape index (κ1) is 13.1. The van der Waals surface area contributed by atoms with Crippen molar-refractivity contribution >= 4 is 30.1 Å². The normalized spacial score (nSPS) is 10.7. The molecular formula is C12H14ClNOS. The van der Waals surface area contributed by atoms with Crippen molar-refractivity contribution < 1.29 is 4.79 Å². The molecule has 1 aromatic rings. The van der Waals surface area contributed by atoms with Crippen LogP contribution in [0.4, 0.5) is 0 Å². The van der Waals surface area contributed by atoms with Crippen molar-refractivity contribution in [1.82, 2.24) is 5.32 Å². The molecule has 0 spiro atoms. The lowest BCUT2D eigenvalue weighted by molar-refractivity contribution is 0.0954. The van der Waals surface area contributed by atoms with E-state index in [1.54, 1.807) is 18.2 Å². The van der Waals surface area contributed by atoms with E-state index in [0.717, 1.165) is 11.3 Å². The number of thiol groups is 1. The Morgan fingerprint density at radius 2 is 2.31 bits per heavy atom. The Bertz CT molecular complexity index is 404. The lowest BCUT2D eigenvalue weighted by Gasteiger charge is -2.06. The fourth-order valence-corrected chi connectivity index (χ4v) is 1.63. The molecule has 0 atom stereocenters. The van der Waals surface area contributed by atoms with Gasteiger partial charge in [0.1, 0.15) is 0 Å². The molecule has 0 aliphatic heterocycles. The Morgan fingerprint density at radius 3 is 3.00 bits per heavy atom. The summed E-state index contributed by atoms with van der Waals surface area (Å²) in [5, 5.41) is 3.24. The number of carbonyl (C=O) groups excluding carboxylic acids is 1. The number of amides is 1. The predicted octanol–water partition coefficient (Wildman–Crippen LogP) is 3.32. The van der Waals surface area contributed by atoms with Crippen LogP contribution in [0.15, 0.2) is 35.2 Å². The highest BCUT2D eigenvalue weighted by Crippen LogP contribution is 2.19. The third kappa shape index (κ3) is 3.91. The van der Waals surface area contributed by atoms with E-state index in [0.29, 0.717) is 17.1 Å². The van der Waals surface area contributed by atoms with Crippen LogP contribution in [0.25, 0.3) is 0 Å². The van der Waals surface area contributed by atoms with Gasteiger partial charge in [0, 0.05) is 11.4 Å². The van der Waals surface area contributed by atoms with Gasteiger partial charge in [-0.3, -0.25) is 4.79 Å². The van der Waals surface area contributed by atoms with Gasteiger partial charge in [-0.15, -0.1) is 12.6 Å². The minimum Gasteiger partial charge on any atom is -0.352 e. The van der Waals surface area contributed by atoms with Crippen molar-refractivity contribution in [2.45, 2.75) is 18.2 Å². The molecule has 2 nitrogen and oxygen atoms in total. The molecule has 0 heterocycles. The number of carbonyl (C=O) groups is 1. The van der Waals surface area contributed by atoms with Crippen molar-refractivity contribution in [3.05, 3.63) is 40.9 Å². The summed E-state index contributed by atoms with van der Waals surface area (Å²) >= 11 is 10.1. The summed E-state index contributed by atoms with van der Waals surface area (Å²) in [6.07, 6.45) is 4.77. The number of allylic oxidation sites excluding steroid dienone is 1. The summed E-state index contributed by atoms with van der Waals surface area (Å²) in [7, 11) is 0. The molecule has 1 amide bonds. The van der Waals surface area contributed by atoms with E-state index in [4.69, 9.17) is 11.6 Å². The number of halogens is 1. The summed E-state index contributed by atoms with van der Waals surface area (Å²) in [5.74, 6) is -0.162. The average Bonchev–Trinajstić information content (AvgIpc) is 2.27. The maximum atomic E-state index is 11.7. The first-order valence-corrected chi connectivity index (χ1v) is 5.85. The Labute approximate surface area is 106 Å². The Morgan fingerprint density at radius 1 is 1.56 bits per heavy atom. The minimum atomic E-state index is -0.162. The second kappa shape index (κ2) is 6.61. The summed E-state index contributed by atoms with van der Waals surface area (Å²) < 4.78 is 0. The van der Waals surface area contributed by atoms with Crippen LogP contribution in [0.3, 0.4) is 0 Å². The molecule has 0 radical (unpaired) electrons. The van der Waals surface area contributed by atoms with Gasteiger partial charge in [0.25, 0.3) is 5.91 Å². The van der Waals surface area contributed by atoms with Gasteiger partial charge in [-0.1, -0.05) is 23.8 Å². The van der Waals surface area contributed by atoms with Gasteiger partial charge in [-0.2, -0.15) is 0 Å². The molecule has 86 valence electrons. The van der Waals surface area contributed by atoms with Gasteiger partial charge in [0.2, 0.25) is 0 Å². The first-order chi connectivity index (χ1) is 7.65. The van der Waals surface area contributed by atoms with E-state index >= 15 is 0 Å². The highest BCUT2D eigenvalue weighted by molar-refractivity contribution is 7.80. The molecule has 0 aliphatic carbocycles. The van der Waals surface area contributed by atoms with Gasteiger partial charge in [0.05, 0.1) is 10.6 Å². The van der Waals surface area contributed by atoms with Crippen LogP contribution < -0.4 is 5.32 Å². The van der Waals surface area contributed by atoms with Gasteiger partial charge in [-0.05, 0) is 31.5 Å². The molecule has 0 fully saturated rings. The lowest BCUT2D eigenvalue weighted by Crippen LogP contribution is -2.24. The van der Waals surface area contributed by atoms with Crippen LogP contribution in [0.5, 0.6) is 0 Å². The van der Waals surface area contributed by atoms with Gasteiger partial charge < -0.3 is 5.32 Å². The maximum absolute atomic E-state index is 11.7. The number of hydrogen-bond acceptors (Lipinski definition) is 2. The van der Waals surface area contributed by atoms with Crippen molar-refractivity contribution in [1.29, 1.82) is 0 Å². The van der Waals surface area contributed by atoms with Crippen LogP contribution in [0.1, 0.15) is 23.7 Å². The minimum absolute atomic E-state index is 0.162. The Hall–Kier alpha value is -0.930. The van der Waals surface area contributed by atoms with E-state index in [-0.39, 0.29) is 5.91 Å². The molecule has 0 aliphatic rings. The lowest BCUT2D eigenvalue weighted by atomic mass is 10.2. The van der Waals surface area contributed by atoms with Gasteiger partial charge in [-0.25, -0.2) is 0 Å². The van der Waals surface area contributed by atoms with Gasteiger partial charge >= 0.3 is 0 Å². The summed E-state index contributed by atoms with van der Waals surface area (Å²) in [5.41, 5.74) is 0.467. The van der Waals surface area contributed by atoms with E-state index < -0.39 is 0 Å². The number of hydrogen-bond donors (Lipinski definition) is 2. The van der Waals surface area contributed by atoms with Crippen LogP contribution >= 0.6 is 24.2 Å². The molecule has 0 unspecified atom stereocenters. The van der Waals surface area contributed by atoms with Crippen molar-refractivity contribution in [2.75, 3.05) is 6.54 Å². The van der Waals surface area contributed by atoms with Crippen LogP contribution in [-0.2, 0) is 0 Å². The van der Waals surface area contributed by atoms with Crippen molar-refractivity contribution in [3.63, 3.8) is 0 Å². The van der Waals surface area contributed by atoms with Crippen molar-refractivity contribution in [2.24, 2.45) is 0 Å². The molecule has 1 aromatic carbocycles. The number of nitrogens with one attached hydrogen (secondary N) is 1. The molecule has 0 bridgehead atoms. The van der Waals surface area contributed by atoms with Gasteiger partial charge in [0.15, 0.2) is 0 Å². The second-order valence-corrected chi connectivity index (χ2v) is 4.20. The average molecular weight is 256 g/mol. The molecule has 0 aromatic heterocycles.